The molecule has 23 heavy (non-hydrogen) atoms. The fourth-order valence-electron chi connectivity index (χ4n) is 2.10. The number of thioether (sulfide) groups is 1. The Morgan fingerprint density at radius 3 is 2.70 bits per heavy atom. The molecule has 1 aliphatic heterocycles. The lowest BCUT2D eigenvalue weighted by molar-refractivity contribution is -0.132. The molecule has 2 N–H and O–H groups in total. The van der Waals surface area contributed by atoms with Crippen molar-refractivity contribution in [1.29, 1.82) is 5.26 Å². The lowest BCUT2D eigenvalue weighted by atomic mass is 10.1. The van der Waals surface area contributed by atoms with Gasteiger partial charge >= 0.3 is 6.03 Å². The molecule has 1 saturated heterocycles. The number of hydrogen-bond acceptors (Lipinski definition) is 5. The van der Waals surface area contributed by atoms with Gasteiger partial charge in [0.25, 0.3) is 5.91 Å². The van der Waals surface area contributed by atoms with Crippen molar-refractivity contribution >= 4 is 35.3 Å². The summed E-state index contributed by atoms with van der Waals surface area (Å²) in [6.45, 7) is 2.81. The van der Waals surface area contributed by atoms with E-state index in [9.17, 15) is 14.4 Å². The van der Waals surface area contributed by atoms with Gasteiger partial charge in [-0.1, -0.05) is 12.1 Å². The summed E-state index contributed by atoms with van der Waals surface area (Å²) in [5.41, 5.74) is -0.457. The molecule has 4 amide bonds. The van der Waals surface area contributed by atoms with Crippen molar-refractivity contribution in [2.24, 2.45) is 0 Å². The topological polar surface area (TPSA) is 102 Å². The monoisotopic (exact) mass is 332 g/mol. The zero-order chi connectivity index (χ0) is 17.0. The van der Waals surface area contributed by atoms with Crippen LogP contribution >= 0.6 is 11.8 Å². The first-order valence-corrected chi connectivity index (χ1v) is 7.86. The van der Waals surface area contributed by atoms with Crippen molar-refractivity contribution in [2.75, 3.05) is 17.6 Å². The summed E-state index contributed by atoms with van der Waals surface area (Å²) in [4.78, 5) is 37.6. The van der Waals surface area contributed by atoms with Gasteiger partial charge in [-0.2, -0.15) is 5.26 Å². The SMILES string of the molecule is CC1(C)NC(=O)N(CC(=O)Nc2ccccc2SCC#N)C1=O. The predicted octanol–water partition coefficient (Wildman–Crippen LogP) is 1.57. The second kappa shape index (κ2) is 6.71. The minimum absolute atomic E-state index is 0.258. The van der Waals surface area contributed by atoms with E-state index in [1.54, 1.807) is 38.1 Å². The average Bonchev–Trinajstić information content (AvgIpc) is 2.68. The van der Waals surface area contributed by atoms with Crippen molar-refractivity contribution in [3.63, 3.8) is 0 Å². The third kappa shape index (κ3) is 3.81. The van der Waals surface area contributed by atoms with Gasteiger partial charge in [-0.3, -0.25) is 14.5 Å². The van der Waals surface area contributed by atoms with E-state index in [-0.39, 0.29) is 12.3 Å². The molecule has 1 fully saturated rings. The van der Waals surface area contributed by atoms with Gasteiger partial charge < -0.3 is 10.6 Å². The summed E-state index contributed by atoms with van der Waals surface area (Å²) in [6.07, 6.45) is 0. The van der Waals surface area contributed by atoms with E-state index < -0.39 is 23.4 Å². The number of carbonyl (C=O) groups excluding carboxylic acids is 3. The molecule has 0 unspecified atom stereocenters. The number of hydrogen-bond donors (Lipinski definition) is 2. The summed E-state index contributed by atoms with van der Waals surface area (Å²) in [5.74, 6) is -0.658. The van der Waals surface area contributed by atoms with E-state index in [1.807, 2.05) is 6.07 Å². The number of nitriles is 1. The Morgan fingerprint density at radius 2 is 2.09 bits per heavy atom. The number of carbonyl (C=O) groups is 3. The molecule has 7 nitrogen and oxygen atoms in total. The smallest absolute Gasteiger partial charge is 0.324 e. The lowest BCUT2D eigenvalue weighted by Gasteiger charge is -2.16. The van der Waals surface area contributed by atoms with Gasteiger partial charge in [-0.25, -0.2) is 4.79 Å². The second-order valence-corrected chi connectivity index (χ2v) is 6.45. The number of imide groups is 1. The van der Waals surface area contributed by atoms with Crippen LogP contribution < -0.4 is 10.6 Å². The zero-order valence-electron chi connectivity index (χ0n) is 12.8. The Morgan fingerprint density at radius 1 is 1.39 bits per heavy atom. The summed E-state index contributed by atoms with van der Waals surface area (Å²) in [6, 6.07) is 8.48. The molecule has 0 radical (unpaired) electrons. The van der Waals surface area contributed by atoms with Crippen LogP contribution in [0.4, 0.5) is 10.5 Å². The van der Waals surface area contributed by atoms with Crippen LogP contribution in [-0.4, -0.2) is 40.6 Å². The van der Waals surface area contributed by atoms with Crippen molar-refractivity contribution < 1.29 is 14.4 Å². The maximum atomic E-state index is 12.1. The van der Waals surface area contributed by atoms with Crippen LogP contribution in [0.3, 0.4) is 0 Å². The fourth-order valence-corrected chi connectivity index (χ4v) is 2.77. The minimum Gasteiger partial charge on any atom is -0.324 e. The normalized spacial score (nSPS) is 16.0. The maximum absolute atomic E-state index is 12.1. The van der Waals surface area contributed by atoms with Crippen molar-refractivity contribution in [3.8, 4) is 6.07 Å². The lowest BCUT2D eigenvalue weighted by Crippen LogP contribution is -2.41. The molecule has 1 heterocycles. The van der Waals surface area contributed by atoms with Crippen LogP contribution in [0.2, 0.25) is 0 Å². The molecule has 0 atom stereocenters. The van der Waals surface area contributed by atoms with Crippen molar-refractivity contribution in [3.05, 3.63) is 24.3 Å². The van der Waals surface area contributed by atoms with Crippen LogP contribution in [0, 0.1) is 11.3 Å². The standard InChI is InChI=1S/C15H16N4O3S/c1-15(2)13(21)19(14(22)18-15)9-12(20)17-10-5-3-4-6-11(10)23-8-7-16/h3-6H,8-9H2,1-2H3,(H,17,20)(H,18,22). The maximum Gasteiger partial charge on any atom is 0.325 e. The highest BCUT2D eigenvalue weighted by atomic mass is 32.2. The number of rotatable bonds is 5. The van der Waals surface area contributed by atoms with Gasteiger partial charge in [0.05, 0.1) is 17.5 Å². The fraction of sp³-hybridized carbons (Fsp3) is 0.333. The number of anilines is 1. The summed E-state index contributed by atoms with van der Waals surface area (Å²) in [7, 11) is 0. The second-order valence-electron chi connectivity index (χ2n) is 5.44. The van der Waals surface area contributed by atoms with Gasteiger partial charge in [0.15, 0.2) is 0 Å². The molecule has 0 spiro atoms. The number of nitrogens with zero attached hydrogens (tertiary/aromatic N) is 2. The Labute approximate surface area is 138 Å². The van der Waals surface area contributed by atoms with Gasteiger partial charge in [0.2, 0.25) is 5.91 Å². The largest absolute Gasteiger partial charge is 0.325 e. The molecule has 1 aliphatic rings. The molecule has 0 saturated carbocycles. The van der Waals surface area contributed by atoms with Crippen LogP contribution in [-0.2, 0) is 9.59 Å². The number of urea groups is 1. The molecule has 120 valence electrons. The minimum atomic E-state index is -1.00. The predicted molar refractivity (Wildman–Crippen MR) is 85.7 cm³/mol. The van der Waals surface area contributed by atoms with Gasteiger partial charge in [-0.05, 0) is 26.0 Å². The molecular weight excluding hydrogens is 316 g/mol. The van der Waals surface area contributed by atoms with E-state index in [0.717, 1.165) is 9.80 Å². The van der Waals surface area contributed by atoms with Gasteiger partial charge in [-0.15, -0.1) is 11.8 Å². The van der Waals surface area contributed by atoms with Crippen molar-refractivity contribution in [1.82, 2.24) is 10.2 Å². The average molecular weight is 332 g/mol. The first-order chi connectivity index (χ1) is 10.8. The van der Waals surface area contributed by atoms with Crippen LogP contribution in [0.25, 0.3) is 0 Å². The Kier molecular flexibility index (Phi) is 4.91. The van der Waals surface area contributed by atoms with Gasteiger partial charge in [0, 0.05) is 4.90 Å². The first-order valence-electron chi connectivity index (χ1n) is 6.88. The molecule has 1 aromatic carbocycles. The zero-order valence-corrected chi connectivity index (χ0v) is 13.6. The highest BCUT2D eigenvalue weighted by Gasteiger charge is 2.44. The quantitative estimate of drug-likeness (QED) is 0.629. The van der Waals surface area contributed by atoms with E-state index >= 15 is 0 Å². The summed E-state index contributed by atoms with van der Waals surface area (Å²) >= 11 is 1.30. The Hall–Kier alpha value is -2.53. The first kappa shape index (κ1) is 16.8. The molecule has 0 bridgehead atoms. The molecular formula is C15H16N4O3S. The van der Waals surface area contributed by atoms with Crippen LogP contribution in [0.5, 0.6) is 0 Å². The highest BCUT2D eigenvalue weighted by molar-refractivity contribution is 7.99. The van der Waals surface area contributed by atoms with E-state index in [4.69, 9.17) is 5.26 Å². The number of para-hydroxylation sites is 1. The summed E-state index contributed by atoms with van der Waals surface area (Å²) < 4.78 is 0. The van der Waals surface area contributed by atoms with Crippen molar-refractivity contribution in [2.45, 2.75) is 24.3 Å². The molecule has 0 aliphatic carbocycles. The molecule has 0 aromatic heterocycles. The Bertz CT molecular complexity index is 696. The summed E-state index contributed by atoms with van der Waals surface area (Å²) in [5, 5.41) is 13.8. The number of nitrogens with one attached hydrogen (secondary N) is 2. The molecule has 8 heteroatoms. The Balaban J connectivity index is 2.05. The third-order valence-electron chi connectivity index (χ3n) is 3.20. The highest BCUT2D eigenvalue weighted by Crippen LogP contribution is 2.26. The third-order valence-corrected chi connectivity index (χ3v) is 4.14. The van der Waals surface area contributed by atoms with E-state index in [0.29, 0.717) is 5.69 Å². The number of benzene rings is 1. The van der Waals surface area contributed by atoms with Crippen LogP contribution in [0.1, 0.15) is 13.8 Å². The molecule has 2 rings (SSSR count). The van der Waals surface area contributed by atoms with Gasteiger partial charge in [0.1, 0.15) is 12.1 Å². The van der Waals surface area contributed by atoms with Crippen LogP contribution in [0.15, 0.2) is 29.2 Å². The van der Waals surface area contributed by atoms with E-state index in [1.165, 1.54) is 11.8 Å². The van der Waals surface area contributed by atoms with E-state index in [2.05, 4.69) is 10.6 Å². The number of amides is 4. The molecule has 1 aromatic rings.